The number of hydrogen-bond acceptors (Lipinski definition) is 8. The van der Waals surface area contributed by atoms with Gasteiger partial charge in [0, 0.05) is 67.2 Å². The first-order valence-corrected chi connectivity index (χ1v) is 15.9. The second kappa shape index (κ2) is 13.3. The van der Waals surface area contributed by atoms with Crippen molar-refractivity contribution in [2.24, 2.45) is 0 Å². The second-order valence-electron chi connectivity index (χ2n) is 12.0. The third kappa shape index (κ3) is 6.02. The van der Waals surface area contributed by atoms with Crippen molar-refractivity contribution in [1.82, 2.24) is 29.7 Å². The summed E-state index contributed by atoms with van der Waals surface area (Å²) in [5.41, 5.74) is 1.74. The number of benzene rings is 2. The fourth-order valence-corrected chi connectivity index (χ4v) is 6.46. The summed E-state index contributed by atoms with van der Waals surface area (Å²) in [4.78, 5) is 36.5. The molecule has 3 aromatic heterocycles. The Kier molecular flexibility index (Phi) is 8.65. The van der Waals surface area contributed by atoms with Gasteiger partial charge in [0.1, 0.15) is 23.6 Å². The van der Waals surface area contributed by atoms with E-state index in [1.165, 1.54) is 11.1 Å². The maximum absolute atomic E-state index is 16.7. The molecule has 0 bridgehead atoms. The van der Waals surface area contributed by atoms with Gasteiger partial charge in [-0.15, -0.1) is 6.42 Å². The number of amides is 1. The van der Waals surface area contributed by atoms with Crippen LogP contribution in [0.5, 0.6) is 6.01 Å². The van der Waals surface area contributed by atoms with E-state index in [1.54, 1.807) is 30.5 Å². The zero-order chi connectivity index (χ0) is 33.2. The average molecular weight is 646 g/mol. The van der Waals surface area contributed by atoms with E-state index < -0.39 is 17.6 Å². The molecule has 0 N–H and O–H groups in total. The summed E-state index contributed by atoms with van der Waals surface area (Å²) in [6.45, 7) is 2.47. The second-order valence-corrected chi connectivity index (χ2v) is 12.0. The number of aromatic nitrogens is 4. The number of likely N-dealkylation sites (N-methyl/N-ethyl adjacent to an activating group) is 1. The molecule has 1 atom stereocenters. The fourth-order valence-electron chi connectivity index (χ4n) is 6.46. The molecule has 11 heteroatoms. The van der Waals surface area contributed by atoms with Crippen LogP contribution >= 0.6 is 0 Å². The Morgan fingerprint density at radius 1 is 1.04 bits per heavy atom. The van der Waals surface area contributed by atoms with E-state index in [0.29, 0.717) is 47.7 Å². The molecule has 5 aromatic rings. The molecule has 0 radical (unpaired) electrons. The van der Waals surface area contributed by atoms with Crippen molar-refractivity contribution in [3.63, 3.8) is 0 Å². The van der Waals surface area contributed by atoms with Gasteiger partial charge in [0.05, 0.1) is 11.1 Å². The van der Waals surface area contributed by atoms with Crippen LogP contribution in [-0.4, -0.2) is 88.1 Å². The molecule has 2 saturated heterocycles. The lowest BCUT2D eigenvalue weighted by Crippen LogP contribution is -2.49. The maximum atomic E-state index is 16.7. The van der Waals surface area contributed by atoms with Crippen molar-refractivity contribution >= 4 is 39.5 Å². The minimum absolute atomic E-state index is 0.0546. The number of rotatable bonds is 7. The molecular weight excluding hydrogens is 612 g/mol. The van der Waals surface area contributed by atoms with Crippen molar-refractivity contribution in [2.45, 2.75) is 18.9 Å². The van der Waals surface area contributed by atoms with Crippen molar-refractivity contribution in [1.29, 1.82) is 0 Å². The third-order valence-corrected chi connectivity index (χ3v) is 9.07. The zero-order valence-corrected chi connectivity index (χ0v) is 26.4. The van der Waals surface area contributed by atoms with E-state index in [9.17, 15) is 9.18 Å². The van der Waals surface area contributed by atoms with Gasteiger partial charge in [0.15, 0.2) is 11.6 Å². The Labute approximate surface area is 276 Å². The van der Waals surface area contributed by atoms with Crippen LogP contribution in [-0.2, 0) is 4.79 Å². The van der Waals surface area contributed by atoms with Crippen LogP contribution in [0.3, 0.4) is 0 Å². The van der Waals surface area contributed by atoms with E-state index >= 15 is 4.39 Å². The summed E-state index contributed by atoms with van der Waals surface area (Å²) in [5.74, 6) is 0.932. The van der Waals surface area contributed by atoms with Gasteiger partial charge in [-0.2, -0.15) is 9.97 Å². The van der Waals surface area contributed by atoms with E-state index in [1.807, 2.05) is 35.2 Å². The molecule has 242 valence electrons. The minimum Gasteiger partial charge on any atom is -0.462 e. The van der Waals surface area contributed by atoms with E-state index in [0.717, 1.165) is 36.2 Å². The lowest BCUT2D eigenvalue weighted by molar-refractivity contribution is -0.128. The average Bonchev–Trinajstić information content (AvgIpc) is 3.54. The van der Waals surface area contributed by atoms with Crippen LogP contribution in [0.2, 0.25) is 0 Å². The summed E-state index contributed by atoms with van der Waals surface area (Å²) < 4.78 is 37.7. The number of carbonyl (C=O) groups excluding carboxylic acids is 1. The number of likely N-dealkylation sites (tertiary alicyclic amines) is 1. The van der Waals surface area contributed by atoms with Crippen LogP contribution in [0.1, 0.15) is 24.1 Å². The SMILES string of the molecule is C#Cc1cccc2cccc(-c3ncc4c(N5CCN(C(=O)C(F)=Cc6ccccn6)CC5)nc(OC[C@H]5CCCN5C)nc4c3F)c12. The largest absolute Gasteiger partial charge is 0.462 e. The molecule has 2 aromatic carbocycles. The number of carbonyl (C=O) groups is 1. The lowest BCUT2D eigenvalue weighted by atomic mass is 9.97. The molecule has 0 saturated carbocycles. The van der Waals surface area contributed by atoms with E-state index in [2.05, 4.69) is 32.8 Å². The van der Waals surface area contributed by atoms with Gasteiger partial charge >= 0.3 is 6.01 Å². The third-order valence-electron chi connectivity index (χ3n) is 9.07. The monoisotopic (exact) mass is 645 g/mol. The molecule has 0 spiro atoms. The Bertz CT molecular complexity index is 2070. The number of nitrogens with zero attached hydrogens (tertiary/aromatic N) is 7. The molecular formula is C37H33F2N7O2. The maximum Gasteiger partial charge on any atom is 0.319 e. The van der Waals surface area contributed by atoms with E-state index in [4.69, 9.17) is 16.1 Å². The van der Waals surface area contributed by atoms with Crippen molar-refractivity contribution in [3.8, 4) is 29.6 Å². The lowest BCUT2D eigenvalue weighted by Gasteiger charge is -2.35. The Morgan fingerprint density at radius 3 is 2.58 bits per heavy atom. The molecule has 2 aliphatic heterocycles. The summed E-state index contributed by atoms with van der Waals surface area (Å²) >= 11 is 0. The van der Waals surface area contributed by atoms with Gasteiger partial charge in [-0.25, -0.2) is 8.78 Å². The Morgan fingerprint density at radius 2 is 1.85 bits per heavy atom. The standard InChI is InChI=1S/C37H33F2N7O2/c1-3-24-9-6-10-25-11-7-14-28(31(24)25)33-32(39)34-29(22-41-33)35(43-37(42-34)48-23-27-13-8-16-44(27)2)45-17-19-46(20-18-45)36(47)30(38)21-26-12-4-5-15-40-26/h1,4-7,9-12,14-15,21-22,27H,8,13,16-20,23H2,2H3/t27-/m1/s1. The molecule has 9 nitrogen and oxygen atoms in total. The van der Waals surface area contributed by atoms with Crippen molar-refractivity contribution in [3.05, 3.63) is 89.9 Å². The van der Waals surface area contributed by atoms with Crippen LogP contribution in [0, 0.1) is 18.2 Å². The number of ether oxygens (including phenoxy) is 1. The fraction of sp³-hybridized carbons (Fsp3) is 0.270. The predicted molar refractivity (Wildman–Crippen MR) is 181 cm³/mol. The number of piperazine rings is 1. The quantitative estimate of drug-likeness (QED) is 0.170. The minimum atomic E-state index is -0.887. The molecule has 48 heavy (non-hydrogen) atoms. The first-order valence-electron chi connectivity index (χ1n) is 15.9. The van der Waals surface area contributed by atoms with Crippen LogP contribution in [0.25, 0.3) is 39.0 Å². The summed E-state index contributed by atoms with van der Waals surface area (Å²) in [6.07, 6.45) is 12.1. The van der Waals surface area contributed by atoms with E-state index in [-0.39, 0.29) is 36.4 Å². The molecule has 1 amide bonds. The summed E-state index contributed by atoms with van der Waals surface area (Å²) in [7, 11) is 2.05. The van der Waals surface area contributed by atoms with Crippen LogP contribution in [0.4, 0.5) is 14.6 Å². The molecule has 2 aliphatic rings. The first-order chi connectivity index (χ1) is 23.4. The molecule has 0 unspecified atom stereocenters. The molecule has 0 aliphatic carbocycles. The highest BCUT2D eigenvalue weighted by atomic mass is 19.1. The highest BCUT2D eigenvalue weighted by Crippen LogP contribution is 2.36. The van der Waals surface area contributed by atoms with Crippen molar-refractivity contribution in [2.75, 3.05) is 51.3 Å². The smallest absolute Gasteiger partial charge is 0.319 e. The molecule has 7 rings (SSSR count). The van der Waals surface area contributed by atoms with Gasteiger partial charge < -0.3 is 19.4 Å². The topological polar surface area (TPSA) is 87.6 Å². The number of pyridine rings is 2. The predicted octanol–water partition coefficient (Wildman–Crippen LogP) is 5.49. The van der Waals surface area contributed by atoms with Crippen molar-refractivity contribution < 1.29 is 18.3 Å². The normalized spacial score (nSPS) is 17.2. The number of halogens is 2. The van der Waals surface area contributed by atoms with Gasteiger partial charge in [0.2, 0.25) is 0 Å². The highest BCUT2D eigenvalue weighted by molar-refractivity contribution is 6.02. The Balaban J connectivity index is 1.23. The Hall–Kier alpha value is -5.47. The molecule has 2 fully saturated rings. The van der Waals surface area contributed by atoms with Gasteiger partial charge in [-0.1, -0.05) is 42.3 Å². The van der Waals surface area contributed by atoms with Crippen LogP contribution in [0.15, 0.2) is 72.8 Å². The zero-order valence-electron chi connectivity index (χ0n) is 26.4. The van der Waals surface area contributed by atoms with Crippen LogP contribution < -0.4 is 9.64 Å². The summed E-state index contributed by atoms with van der Waals surface area (Å²) in [6, 6.07) is 16.5. The summed E-state index contributed by atoms with van der Waals surface area (Å²) in [5, 5.41) is 2.00. The first kappa shape index (κ1) is 31.1. The highest BCUT2D eigenvalue weighted by Gasteiger charge is 2.28. The van der Waals surface area contributed by atoms with Gasteiger partial charge in [0.25, 0.3) is 5.91 Å². The van der Waals surface area contributed by atoms with Gasteiger partial charge in [-0.05, 0) is 50.0 Å². The molecule has 5 heterocycles. The number of terminal acetylenes is 1. The number of fused-ring (bicyclic) bond motifs is 2. The van der Waals surface area contributed by atoms with Gasteiger partial charge in [-0.3, -0.25) is 14.8 Å². The number of hydrogen-bond donors (Lipinski definition) is 0. The number of anilines is 1.